The quantitative estimate of drug-likeness (QED) is 0.899. The molecular formula is C16H25NO3. The molecule has 1 fully saturated rings. The largest absolute Gasteiger partial charge is 0.497 e. The summed E-state index contributed by atoms with van der Waals surface area (Å²) in [4.78, 5) is 0. The van der Waals surface area contributed by atoms with E-state index in [-0.39, 0.29) is 12.2 Å². The van der Waals surface area contributed by atoms with Crippen molar-refractivity contribution in [2.75, 3.05) is 27.3 Å². The van der Waals surface area contributed by atoms with E-state index in [4.69, 9.17) is 14.2 Å². The Bertz CT molecular complexity index is 434. The summed E-state index contributed by atoms with van der Waals surface area (Å²) in [5, 5.41) is 3.46. The number of rotatable bonds is 5. The number of nitrogens with one attached hydrogen (secondary N) is 1. The van der Waals surface area contributed by atoms with Crippen LogP contribution in [0.4, 0.5) is 0 Å². The van der Waals surface area contributed by atoms with Crippen LogP contribution in [0.25, 0.3) is 0 Å². The number of hydrogen-bond donors (Lipinski definition) is 1. The number of benzene rings is 1. The zero-order valence-corrected chi connectivity index (χ0v) is 12.8. The van der Waals surface area contributed by atoms with E-state index < -0.39 is 0 Å². The second-order valence-corrected chi connectivity index (χ2v) is 5.64. The van der Waals surface area contributed by atoms with Crippen molar-refractivity contribution in [3.05, 3.63) is 23.8 Å². The number of methoxy groups -OCH3 is 2. The molecule has 1 aromatic rings. The maximum atomic E-state index is 6.22. The van der Waals surface area contributed by atoms with E-state index in [0.717, 1.165) is 36.6 Å². The van der Waals surface area contributed by atoms with E-state index in [1.54, 1.807) is 14.2 Å². The van der Waals surface area contributed by atoms with Crippen LogP contribution in [0.2, 0.25) is 0 Å². The van der Waals surface area contributed by atoms with Crippen molar-refractivity contribution in [2.24, 2.45) is 5.92 Å². The molecule has 1 aliphatic heterocycles. The fourth-order valence-corrected chi connectivity index (χ4v) is 2.64. The van der Waals surface area contributed by atoms with Gasteiger partial charge in [0.05, 0.1) is 26.4 Å². The lowest BCUT2D eigenvalue weighted by atomic mass is 10.0. The molecule has 1 N–H and O–H groups in total. The Labute approximate surface area is 121 Å². The Morgan fingerprint density at radius 2 is 2.05 bits per heavy atom. The fourth-order valence-electron chi connectivity index (χ4n) is 2.64. The van der Waals surface area contributed by atoms with Gasteiger partial charge in [0, 0.05) is 24.7 Å². The van der Waals surface area contributed by atoms with Gasteiger partial charge in [-0.2, -0.15) is 0 Å². The molecule has 2 rings (SSSR count). The third-order valence-electron chi connectivity index (χ3n) is 3.58. The Kier molecular flexibility index (Phi) is 5.26. The first kappa shape index (κ1) is 15.1. The van der Waals surface area contributed by atoms with Gasteiger partial charge in [0.25, 0.3) is 0 Å². The molecule has 0 bridgehead atoms. The summed E-state index contributed by atoms with van der Waals surface area (Å²) in [6, 6.07) is 5.89. The molecule has 1 aromatic carbocycles. The van der Waals surface area contributed by atoms with Crippen LogP contribution in [0.3, 0.4) is 0 Å². The van der Waals surface area contributed by atoms with E-state index >= 15 is 0 Å². The van der Waals surface area contributed by atoms with Gasteiger partial charge in [-0.15, -0.1) is 0 Å². The predicted molar refractivity (Wildman–Crippen MR) is 79.5 cm³/mol. The van der Waals surface area contributed by atoms with Gasteiger partial charge < -0.3 is 19.5 Å². The topological polar surface area (TPSA) is 39.7 Å². The predicted octanol–water partition coefficient (Wildman–Crippen LogP) is 2.78. The summed E-state index contributed by atoms with van der Waals surface area (Å²) in [7, 11) is 3.34. The molecular weight excluding hydrogens is 254 g/mol. The third kappa shape index (κ3) is 3.64. The van der Waals surface area contributed by atoms with Crippen molar-refractivity contribution in [1.82, 2.24) is 5.32 Å². The van der Waals surface area contributed by atoms with Crippen LogP contribution in [0.5, 0.6) is 11.5 Å². The van der Waals surface area contributed by atoms with E-state index in [2.05, 4.69) is 19.2 Å². The highest BCUT2D eigenvalue weighted by Gasteiger charge is 2.26. The lowest BCUT2D eigenvalue weighted by Crippen LogP contribution is -2.41. The molecule has 4 heteroatoms. The van der Waals surface area contributed by atoms with Crippen molar-refractivity contribution in [1.29, 1.82) is 0 Å². The Morgan fingerprint density at radius 1 is 1.25 bits per heavy atom. The lowest BCUT2D eigenvalue weighted by Gasteiger charge is -2.32. The molecule has 0 spiro atoms. The zero-order valence-electron chi connectivity index (χ0n) is 12.8. The molecule has 4 nitrogen and oxygen atoms in total. The molecule has 2 atom stereocenters. The van der Waals surface area contributed by atoms with Crippen molar-refractivity contribution in [2.45, 2.75) is 32.5 Å². The third-order valence-corrected chi connectivity index (χ3v) is 3.58. The van der Waals surface area contributed by atoms with Crippen molar-refractivity contribution < 1.29 is 14.2 Å². The van der Waals surface area contributed by atoms with Gasteiger partial charge in [0.1, 0.15) is 11.5 Å². The highest BCUT2D eigenvalue weighted by atomic mass is 16.5. The SMILES string of the molecule is COc1ccc(C2CNCC(CC(C)C)O2)c(OC)c1. The summed E-state index contributed by atoms with van der Waals surface area (Å²) < 4.78 is 16.9. The van der Waals surface area contributed by atoms with E-state index in [1.165, 1.54) is 0 Å². The van der Waals surface area contributed by atoms with Crippen molar-refractivity contribution in [3.8, 4) is 11.5 Å². The van der Waals surface area contributed by atoms with Crippen LogP contribution in [-0.2, 0) is 4.74 Å². The molecule has 0 amide bonds. The van der Waals surface area contributed by atoms with Gasteiger partial charge in [0.2, 0.25) is 0 Å². The molecule has 1 aliphatic rings. The second kappa shape index (κ2) is 6.95. The minimum absolute atomic E-state index is 0.0355. The summed E-state index contributed by atoms with van der Waals surface area (Å²) in [6.07, 6.45) is 1.37. The van der Waals surface area contributed by atoms with Gasteiger partial charge in [0.15, 0.2) is 0 Å². The maximum absolute atomic E-state index is 6.22. The van der Waals surface area contributed by atoms with Gasteiger partial charge in [-0.05, 0) is 24.5 Å². The van der Waals surface area contributed by atoms with Crippen LogP contribution < -0.4 is 14.8 Å². The van der Waals surface area contributed by atoms with Crippen LogP contribution >= 0.6 is 0 Å². The highest BCUT2D eigenvalue weighted by Crippen LogP contribution is 2.33. The molecule has 112 valence electrons. The minimum atomic E-state index is 0.0355. The molecule has 1 saturated heterocycles. The zero-order chi connectivity index (χ0) is 14.5. The van der Waals surface area contributed by atoms with Gasteiger partial charge in [-0.3, -0.25) is 0 Å². The van der Waals surface area contributed by atoms with Crippen molar-refractivity contribution >= 4 is 0 Å². The number of hydrogen-bond acceptors (Lipinski definition) is 4. The molecule has 2 unspecified atom stereocenters. The minimum Gasteiger partial charge on any atom is -0.497 e. The summed E-state index contributed by atoms with van der Waals surface area (Å²) in [5.74, 6) is 2.26. The van der Waals surface area contributed by atoms with E-state index in [1.807, 2.05) is 18.2 Å². The Hall–Kier alpha value is -1.26. The van der Waals surface area contributed by atoms with Crippen LogP contribution in [-0.4, -0.2) is 33.4 Å². The average Bonchev–Trinajstić information content (AvgIpc) is 2.46. The van der Waals surface area contributed by atoms with Gasteiger partial charge in [-0.25, -0.2) is 0 Å². The summed E-state index contributed by atoms with van der Waals surface area (Å²) in [5.41, 5.74) is 1.08. The monoisotopic (exact) mass is 279 g/mol. The van der Waals surface area contributed by atoms with Gasteiger partial charge in [-0.1, -0.05) is 13.8 Å². The Balaban J connectivity index is 2.13. The average molecular weight is 279 g/mol. The second-order valence-electron chi connectivity index (χ2n) is 5.64. The molecule has 0 aromatic heterocycles. The smallest absolute Gasteiger partial charge is 0.128 e. The summed E-state index contributed by atoms with van der Waals surface area (Å²) >= 11 is 0. The normalized spacial score (nSPS) is 22.9. The van der Waals surface area contributed by atoms with Crippen LogP contribution in [0.1, 0.15) is 31.9 Å². The highest BCUT2D eigenvalue weighted by molar-refractivity contribution is 5.42. The summed E-state index contributed by atoms with van der Waals surface area (Å²) in [6.45, 7) is 6.19. The van der Waals surface area contributed by atoms with Crippen molar-refractivity contribution in [3.63, 3.8) is 0 Å². The lowest BCUT2D eigenvalue weighted by molar-refractivity contribution is -0.0482. The first-order chi connectivity index (χ1) is 9.63. The standard InChI is InChI=1S/C16H25NO3/c1-11(2)7-13-9-17-10-16(20-13)14-6-5-12(18-3)8-15(14)19-4/h5-6,8,11,13,16-17H,7,9-10H2,1-4H3. The molecule has 0 saturated carbocycles. The Morgan fingerprint density at radius 3 is 2.70 bits per heavy atom. The van der Waals surface area contributed by atoms with E-state index in [0.29, 0.717) is 5.92 Å². The molecule has 1 heterocycles. The first-order valence-electron chi connectivity index (χ1n) is 7.22. The van der Waals surface area contributed by atoms with E-state index in [9.17, 15) is 0 Å². The van der Waals surface area contributed by atoms with Gasteiger partial charge >= 0.3 is 0 Å². The molecule has 0 aliphatic carbocycles. The molecule has 20 heavy (non-hydrogen) atoms. The molecule has 0 radical (unpaired) electrons. The fraction of sp³-hybridized carbons (Fsp3) is 0.625. The van der Waals surface area contributed by atoms with Crippen LogP contribution in [0.15, 0.2) is 18.2 Å². The number of morpholine rings is 1. The maximum Gasteiger partial charge on any atom is 0.128 e. The van der Waals surface area contributed by atoms with Crippen LogP contribution in [0, 0.1) is 5.92 Å². The number of ether oxygens (including phenoxy) is 3. The first-order valence-corrected chi connectivity index (χ1v) is 7.22.